The van der Waals surface area contributed by atoms with Crippen LogP contribution in [0.3, 0.4) is 0 Å². The Balaban J connectivity index is 1.22. The highest BCUT2D eigenvalue weighted by Gasteiger charge is 2.22. The van der Waals surface area contributed by atoms with Crippen molar-refractivity contribution in [2.45, 2.75) is 0 Å². The summed E-state index contributed by atoms with van der Waals surface area (Å²) < 4.78 is 11.4. The molecule has 238 valence electrons. The summed E-state index contributed by atoms with van der Waals surface area (Å²) in [7, 11) is 0. The van der Waals surface area contributed by atoms with E-state index in [1.54, 1.807) is 0 Å². The van der Waals surface area contributed by atoms with Crippen LogP contribution in [0.1, 0.15) is 0 Å². The molecule has 11 rings (SSSR count). The van der Waals surface area contributed by atoms with Crippen LogP contribution in [-0.4, -0.2) is 19.1 Å². The van der Waals surface area contributed by atoms with Crippen molar-refractivity contribution in [3.8, 4) is 34.0 Å². The van der Waals surface area contributed by atoms with Crippen molar-refractivity contribution >= 4 is 65.6 Å². The first-order chi connectivity index (χ1) is 25.3. The van der Waals surface area contributed by atoms with E-state index < -0.39 is 0 Å². The molecule has 11 aromatic rings. The number of fused-ring (bicyclic) bond motifs is 9. The van der Waals surface area contributed by atoms with Crippen molar-refractivity contribution in [3.05, 3.63) is 170 Å². The van der Waals surface area contributed by atoms with Gasteiger partial charge in [-0.3, -0.25) is 4.98 Å². The minimum absolute atomic E-state index is 0.549. The van der Waals surface area contributed by atoms with Crippen LogP contribution in [0.4, 0.5) is 0 Å². The molecule has 4 heterocycles. The maximum Gasteiger partial charge on any atom is 0.229 e. The summed E-state index contributed by atoms with van der Waals surface area (Å²) >= 11 is 0. The maximum absolute atomic E-state index is 6.68. The summed E-state index contributed by atoms with van der Waals surface area (Å²) in [4.78, 5) is 9.89. The molecule has 0 aliphatic carbocycles. The SMILES string of the molecule is c1ccc(-c2ccc3c(c2)c2ccccc2n3-c2ccc(-n3c4ccccc4c4ccccc43)cc2-c2nc3c(ccc4cccnc43)o2)cc1. The molecule has 0 amide bonds. The summed E-state index contributed by atoms with van der Waals surface area (Å²) in [5.41, 5.74) is 12.1. The van der Waals surface area contributed by atoms with Crippen molar-refractivity contribution in [2.75, 3.05) is 0 Å². The number of hydrogen-bond donors (Lipinski definition) is 0. The Hall–Kier alpha value is -6.98. The van der Waals surface area contributed by atoms with Crippen LogP contribution in [0.25, 0.3) is 99.6 Å². The molecule has 0 unspecified atom stereocenters. The second kappa shape index (κ2) is 10.8. The van der Waals surface area contributed by atoms with Crippen LogP contribution in [0.2, 0.25) is 0 Å². The van der Waals surface area contributed by atoms with Crippen LogP contribution < -0.4 is 0 Å². The molecule has 5 nitrogen and oxygen atoms in total. The fourth-order valence-electron chi connectivity index (χ4n) is 7.92. The van der Waals surface area contributed by atoms with Crippen molar-refractivity contribution in [2.24, 2.45) is 0 Å². The fraction of sp³-hybridized carbons (Fsp3) is 0. The molecule has 0 fully saturated rings. The van der Waals surface area contributed by atoms with E-state index >= 15 is 0 Å². The van der Waals surface area contributed by atoms with Crippen LogP contribution >= 0.6 is 0 Å². The molecule has 0 atom stereocenters. The summed E-state index contributed by atoms with van der Waals surface area (Å²) in [5, 5.41) is 5.85. The van der Waals surface area contributed by atoms with Crippen LogP contribution in [0, 0.1) is 0 Å². The molecule has 0 aliphatic heterocycles. The predicted molar refractivity (Wildman–Crippen MR) is 209 cm³/mol. The van der Waals surface area contributed by atoms with Gasteiger partial charge < -0.3 is 13.6 Å². The van der Waals surface area contributed by atoms with E-state index in [0.717, 1.165) is 55.4 Å². The lowest BCUT2D eigenvalue weighted by Crippen LogP contribution is -2.01. The topological polar surface area (TPSA) is 48.8 Å². The molecular weight excluding hydrogens is 625 g/mol. The molecule has 4 aromatic heterocycles. The van der Waals surface area contributed by atoms with Crippen molar-refractivity contribution < 1.29 is 4.42 Å². The van der Waals surface area contributed by atoms with Gasteiger partial charge in [-0.25, -0.2) is 4.98 Å². The molecule has 0 aliphatic rings. The molecule has 5 heteroatoms. The van der Waals surface area contributed by atoms with Gasteiger partial charge in [0, 0.05) is 38.8 Å². The van der Waals surface area contributed by atoms with E-state index in [9.17, 15) is 0 Å². The lowest BCUT2D eigenvalue weighted by atomic mass is 10.0. The van der Waals surface area contributed by atoms with E-state index in [4.69, 9.17) is 14.4 Å². The van der Waals surface area contributed by atoms with Gasteiger partial charge >= 0.3 is 0 Å². The second-order valence-electron chi connectivity index (χ2n) is 13.0. The third-order valence-corrected chi connectivity index (χ3v) is 10.2. The summed E-state index contributed by atoms with van der Waals surface area (Å²) in [5.74, 6) is 0.549. The molecule has 0 radical (unpaired) electrons. The third-order valence-electron chi connectivity index (χ3n) is 10.2. The van der Waals surface area contributed by atoms with E-state index in [-0.39, 0.29) is 0 Å². The molecule has 0 spiro atoms. The minimum Gasteiger partial charge on any atom is -0.436 e. The van der Waals surface area contributed by atoms with E-state index in [1.165, 1.54) is 32.7 Å². The standard InChI is InChI=1S/C46H28N4O/c1-2-11-29(12-3-1)31-20-23-41-36(27-31)35-16-6-9-19-40(35)50(41)42-24-22-32(49-38-17-7-4-14-33(38)34-15-5-8-18-39(34)49)28-37(42)46-48-45-43(51-46)25-21-30-13-10-26-47-44(30)45/h1-28H. The Bertz CT molecular complexity index is 3090. The Labute approximate surface area is 292 Å². The highest BCUT2D eigenvalue weighted by Crippen LogP contribution is 2.41. The first-order valence-corrected chi connectivity index (χ1v) is 17.2. The highest BCUT2D eigenvalue weighted by molar-refractivity contribution is 6.12. The number of nitrogens with zero attached hydrogens (tertiary/aromatic N) is 4. The van der Waals surface area contributed by atoms with Gasteiger partial charge in [0.25, 0.3) is 0 Å². The summed E-state index contributed by atoms with van der Waals surface area (Å²) in [6.07, 6.45) is 1.81. The molecule has 0 N–H and O–H groups in total. The molecule has 0 saturated carbocycles. The average molecular weight is 653 g/mol. The minimum atomic E-state index is 0.549. The largest absolute Gasteiger partial charge is 0.436 e. The van der Waals surface area contributed by atoms with Gasteiger partial charge in [0.05, 0.1) is 38.8 Å². The maximum atomic E-state index is 6.68. The Morgan fingerprint density at radius 2 is 1.12 bits per heavy atom. The highest BCUT2D eigenvalue weighted by atomic mass is 16.3. The number of para-hydroxylation sites is 3. The zero-order valence-electron chi connectivity index (χ0n) is 27.4. The first kappa shape index (κ1) is 27.9. The summed E-state index contributed by atoms with van der Waals surface area (Å²) in [6, 6.07) is 57.9. The first-order valence-electron chi connectivity index (χ1n) is 17.2. The smallest absolute Gasteiger partial charge is 0.229 e. The van der Waals surface area contributed by atoms with Crippen molar-refractivity contribution in [1.29, 1.82) is 0 Å². The lowest BCUT2D eigenvalue weighted by molar-refractivity contribution is 0.619. The van der Waals surface area contributed by atoms with Gasteiger partial charge in [-0.15, -0.1) is 0 Å². The van der Waals surface area contributed by atoms with Crippen molar-refractivity contribution in [1.82, 2.24) is 19.1 Å². The van der Waals surface area contributed by atoms with E-state index in [2.05, 4.69) is 155 Å². The fourth-order valence-corrected chi connectivity index (χ4v) is 7.92. The average Bonchev–Trinajstić information content (AvgIpc) is 3.89. The van der Waals surface area contributed by atoms with Gasteiger partial charge in [-0.1, -0.05) is 97.1 Å². The Kier molecular flexibility index (Phi) is 5.89. The Morgan fingerprint density at radius 3 is 1.88 bits per heavy atom. The number of rotatable bonds is 4. The molecule has 0 saturated heterocycles. The number of hydrogen-bond acceptors (Lipinski definition) is 3. The van der Waals surface area contributed by atoms with Crippen LogP contribution in [0.5, 0.6) is 0 Å². The van der Waals surface area contributed by atoms with Crippen LogP contribution in [-0.2, 0) is 0 Å². The van der Waals surface area contributed by atoms with Crippen LogP contribution in [0.15, 0.2) is 174 Å². The molecule has 7 aromatic carbocycles. The Morgan fingerprint density at radius 1 is 0.451 bits per heavy atom. The van der Waals surface area contributed by atoms with E-state index in [0.29, 0.717) is 11.5 Å². The quantitative estimate of drug-likeness (QED) is 0.190. The molecule has 0 bridgehead atoms. The number of pyridine rings is 1. The van der Waals surface area contributed by atoms with Gasteiger partial charge in [0.2, 0.25) is 5.89 Å². The monoisotopic (exact) mass is 652 g/mol. The van der Waals surface area contributed by atoms with Gasteiger partial charge in [0.15, 0.2) is 5.58 Å². The normalized spacial score (nSPS) is 11.9. The summed E-state index contributed by atoms with van der Waals surface area (Å²) in [6.45, 7) is 0. The second-order valence-corrected chi connectivity index (χ2v) is 13.0. The van der Waals surface area contributed by atoms with Gasteiger partial charge in [-0.05, 0) is 77.9 Å². The number of oxazole rings is 1. The predicted octanol–water partition coefficient (Wildman–Crippen LogP) is 11.9. The number of aromatic nitrogens is 4. The van der Waals surface area contributed by atoms with Gasteiger partial charge in [0.1, 0.15) is 5.52 Å². The van der Waals surface area contributed by atoms with Crippen molar-refractivity contribution in [3.63, 3.8) is 0 Å². The lowest BCUT2D eigenvalue weighted by Gasteiger charge is -2.15. The third kappa shape index (κ3) is 4.15. The molecule has 51 heavy (non-hydrogen) atoms. The van der Waals surface area contributed by atoms with E-state index in [1.807, 2.05) is 24.4 Å². The van der Waals surface area contributed by atoms with Gasteiger partial charge in [-0.2, -0.15) is 0 Å². The zero-order chi connectivity index (χ0) is 33.5. The molecular formula is C46H28N4O. The number of benzene rings is 7. The zero-order valence-corrected chi connectivity index (χ0v) is 27.4.